The van der Waals surface area contributed by atoms with Gasteiger partial charge in [-0.1, -0.05) is 18.2 Å². The maximum absolute atomic E-state index is 12.9. The van der Waals surface area contributed by atoms with E-state index in [1.807, 2.05) is 25.2 Å². The van der Waals surface area contributed by atoms with Crippen molar-refractivity contribution in [1.29, 1.82) is 0 Å². The van der Waals surface area contributed by atoms with Crippen LogP contribution in [0.4, 0.5) is 18.3 Å². The summed E-state index contributed by atoms with van der Waals surface area (Å²) in [6.45, 7) is 4.76. The first-order valence-electron chi connectivity index (χ1n) is 10.4. The van der Waals surface area contributed by atoms with Gasteiger partial charge in [0, 0.05) is 51.3 Å². The van der Waals surface area contributed by atoms with Crippen LogP contribution < -0.4 is 4.90 Å². The van der Waals surface area contributed by atoms with Gasteiger partial charge in [0.05, 0.1) is 5.56 Å². The number of hydrogen-bond acceptors (Lipinski definition) is 5. The highest BCUT2D eigenvalue weighted by atomic mass is 32.1. The molecule has 0 spiro atoms. The number of hydrogen-bond donors (Lipinski definition) is 0. The molecule has 2 aromatic rings. The summed E-state index contributed by atoms with van der Waals surface area (Å²) in [5, 5.41) is 1.02. The molecule has 0 saturated carbocycles. The highest BCUT2D eigenvalue weighted by molar-refractivity contribution is 7.15. The maximum Gasteiger partial charge on any atom is 0.416 e. The van der Waals surface area contributed by atoms with E-state index in [1.165, 1.54) is 23.4 Å². The number of piperidine rings is 1. The minimum atomic E-state index is -4.28. The average molecular weight is 441 g/mol. The Morgan fingerprint density at radius 1 is 1.23 bits per heavy atom. The molecule has 4 nitrogen and oxygen atoms in total. The van der Waals surface area contributed by atoms with Crippen molar-refractivity contribution in [3.05, 3.63) is 46.5 Å². The molecule has 1 atom stereocenters. The van der Waals surface area contributed by atoms with Gasteiger partial charge >= 0.3 is 6.18 Å². The van der Waals surface area contributed by atoms with Crippen molar-refractivity contribution in [3.8, 4) is 0 Å². The van der Waals surface area contributed by atoms with Crippen LogP contribution in [0, 0.1) is 5.92 Å². The summed E-state index contributed by atoms with van der Waals surface area (Å²) in [4.78, 5) is 12.5. The second kappa shape index (κ2) is 10.1. The number of nitrogens with zero attached hydrogens (tertiary/aromatic N) is 4. The molecule has 2 heterocycles. The predicted octanol–water partition coefficient (Wildman–Crippen LogP) is 4.61. The lowest BCUT2D eigenvalue weighted by Crippen LogP contribution is -2.40. The molecule has 0 radical (unpaired) electrons. The minimum absolute atomic E-state index is 0.557. The number of rotatable bonds is 8. The van der Waals surface area contributed by atoms with Gasteiger partial charge < -0.3 is 14.7 Å². The third-order valence-electron chi connectivity index (χ3n) is 5.49. The molecule has 0 aliphatic carbocycles. The third kappa shape index (κ3) is 6.68. The van der Waals surface area contributed by atoms with Crippen LogP contribution in [0.2, 0.25) is 0 Å². The molecule has 1 aromatic heterocycles. The molecule has 1 aliphatic heterocycles. The van der Waals surface area contributed by atoms with E-state index in [0.717, 1.165) is 55.9 Å². The SMILES string of the molecule is CN(Cc1cnc(N(C)C)s1)CC1CCCN(CCc2cccc(C(F)(F)F)c2)C1. The van der Waals surface area contributed by atoms with Gasteiger partial charge in [-0.2, -0.15) is 13.2 Å². The molecule has 166 valence electrons. The van der Waals surface area contributed by atoms with Crippen molar-refractivity contribution in [2.45, 2.75) is 32.0 Å². The second-order valence-electron chi connectivity index (χ2n) is 8.46. The van der Waals surface area contributed by atoms with Crippen molar-refractivity contribution in [2.75, 3.05) is 52.2 Å². The fourth-order valence-corrected chi connectivity index (χ4v) is 4.96. The van der Waals surface area contributed by atoms with Gasteiger partial charge in [0.2, 0.25) is 0 Å². The van der Waals surface area contributed by atoms with Gasteiger partial charge in [0.1, 0.15) is 0 Å². The number of likely N-dealkylation sites (tertiary alicyclic amines) is 1. The molecule has 1 unspecified atom stereocenters. The fraction of sp³-hybridized carbons (Fsp3) is 0.591. The summed E-state index contributed by atoms with van der Waals surface area (Å²) in [5.41, 5.74) is 0.199. The lowest BCUT2D eigenvalue weighted by atomic mass is 9.97. The van der Waals surface area contributed by atoms with Crippen LogP contribution in [0.3, 0.4) is 0 Å². The van der Waals surface area contributed by atoms with Crippen LogP contribution in [0.5, 0.6) is 0 Å². The molecule has 8 heteroatoms. The highest BCUT2D eigenvalue weighted by Crippen LogP contribution is 2.30. The van der Waals surface area contributed by atoms with E-state index < -0.39 is 11.7 Å². The predicted molar refractivity (Wildman–Crippen MR) is 117 cm³/mol. The Bertz CT molecular complexity index is 806. The van der Waals surface area contributed by atoms with E-state index in [4.69, 9.17) is 0 Å². The number of thiazole rings is 1. The molecule has 30 heavy (non-hydrogen) atoms. The smallest absolute Gasteiger partial charge is 0.354 e. The van der Waals surface area contributed by atoms with E-state index in [9.17, 15) is 13.2 Å². The van der Waals surface area contributed by atoms with Gasteiger partial charge in [-0.15, -0.1) is 11.3 Å². The Kier molecular flexibility index (Phi) is 7.76. The van der Waals surface area contributed by atoms with Gasteiger partial charge in [-0.3, -0.25) is 0 Å². The monoisotopic (exact) mass is 440 g/mol. The fourth-order valence-electron chi connectivity index (χ4n) is 4.04. The first-order valence-corrected chi connectivity index (χ1v) is 11.2. The number of aromatic nitrogens is 1. The zero-order valence-corrected chi connectivity index (χ0v) is 18.8. The molecule has 1 aromatic carbocycles. The highest BCUT2D eigenvalue weighted by Gasteiger charge is 2.30. The zero-order chi connectivity index (χ0) is 21.7. The van der Waals surface area contributed by atoms with Crippen molar-refractivity contribution in [1.82, 2.24) is 14.8 Å². The summed E-state index contributed by atoms with van der Waals surface area (Å²) in [7, 11) is 6.15. The number of halogens is 3. The molecule has 3 rings (SSSR count). The molecule has 0 amide bonds. The number of anilines is 1. The largest absolute Gasteiger partial charge is 0.416 e. The summed E-state index contributed by atoms with van der Waals surface area (Å²) < 4.78 is 38.7. The molecule has 0 bridgehead atoms. The van der Waals surface area contributed by atoms with Crippen LogP contribution in [-0.4, -0.2) is 62.1 Å². The summed E-state index contributed by atoms with van der Waals surface area (Å²) >= 11 is 1.72. The number of benzene rings is 1. The van der Waals surface area contributed by atoms with Gasteiger partial charge in [0.25, 0.3) is 0 Å². The van der Waals surface area contributed by atoms with E-state index in [2.05, 4.69) is 21.8 Å². The molecule has 1 aliphatic rings. The molecule has 0 N–H and O–H groups in total. The van der Waals surface area contributed by atoms with Crippen molar-refractivity contribution < 1.29 is 13.2 Å². The second-order valence-corrected chi connectivity index (χ2v) is 9.55. The van der Waals surface area contributed by atoms with E-state index in [1.54, 1.807) is 17.4 Å². The Morgan fingerprint density at radius 2 is 2.03 bits per heavy atom. The Hall–Kier alpha value is -1.64. The molecular weight excluding hydrogens is 409 g/mol. The van der Waals surface area contributed by atoms with Gasteiger partial charge in [-0.25, -0.2) is 4.98 Å². The van der Waals surface area contributed by atoms with E-state index >= 15 is 0 Å². The van der Waals surface area contributed by atoms with E-state index in [-0.39, 0.29) is 0 Å². The van der Waals surface area contributed by atoms with Crippen molar-refractivity contribution in [3.63, 3.8) is 0 Å². The maximum atomic E-state index is 12.9. The van der Waals surface area contributed by atoms with Crippen LogP contribution in [0.1, 0.15) is 28.8 Å². The lowest BCUT2D eigenvalue weighted by Gasteiger charge is -2.34. The molecule has 1 fully saturated rings. The summed E-state index contributed by atoms with van der Waals surface area (Å²) in [5.74, 6) is 0.589. The normalized spacial score (nSPS) is 18.2. The number of alkyl halides is 3. The van der Waals surface area contributed by atoms with Gasteiger partial charge in [0.15, 0.2) is 5.13 Å². The third-order valence-corrected chi connectivity index (χ3v) is 6.64. The van der Waals surface area contributed by atoms with Crippen molar-refractivity contribution in [2.24, 2.45) is 5.92 Å². The lowest BCUT2D eigenvalue weighted by molar-refractivity contribution is -0.137. The van der Waals surface area contributed by atoms with Crippen molar-refractivity contribution >= 4 is 16.5 Å². The first kappa shape index (κ1) is 23.0. The van der Waals surface area contributed by atoms with E-state index in [0.29, 0.717) is 12.3 Å². The van der Waals surface area contributed by atoms with Crippen LogP contribution in [0.15, 0.2) is 30.5 Å². The van der Waals surface area contributed by atoms with Crippen LogP contribution >= 0.6 is 11.3 Å². The Morgan fingerprint density at radius 3 is 2.73 bits per heavy atom. The van der Waals surface area contributed by atoms with Crippen LogP contribution in [-0.2, 0) is 19.1 Å². The standard InChI is InChI=1S/C22H31F3N4S/c1-27(2)21-26-13-20(30-21)16-28(3)14-18-7-5-10-29(15-18)11-9-17-6-4-8-19(12-17)22(23,24)25/h4,6,8,12-13,18H,5,7,9-11,14-16H2,1-3H3. The summed E-state index contributed by atoms with van der Waals surface area (Å²) in [6, 6.07) is 5.72. The van der Waals surface area contributed by atoms with Gasteiger partial charge in [-0.05, 0) is 50.4 Å². The Labute approximate surface area is 181 Å². The zero-order valence-electron chi connectivity index (χ0n) is 18.0. The molecule has 1 saturated heterocycles. The average Bonchev–Trinajstić information content (AvgIpc) is 3.15. The first-order chi connectivity index (χ1) is 14.2. The van der Waals surface area contributed by atoms with Crippen LogP contribution in [0.25, 0.3) is 0 Å². The molecular formula is C22H31F3N4S. The quantitative estimate of drug-likeness (QED) is 0.598. The summed E-state index contributed by atoms with van der Waals surface area (Å²) in [6.07, 6.45) is 0.685. The Balaban J connectivity index is 1.47. The topological polar surface area (TPSA) is 22.6 Å². The minimum Gasteiger partial charge on any atom is -0.354 e.